The second kappa shape index (κ2) is 11.8. The molecule has 2 aromatic rings. The van der Waals surface area contributed by atoms with Gasteiger partial charge in [0, 0.05) is 37.3 Å². The van der Waals surface area contributed by atoms with Gasteiger partial charge in [0.05, 0.1) is 23.1 Å². The van der Waals surface area contributed by atoms with E-state index in [0.717, 1.165) is 30.1 Å². The number of benzene rings is 2. The molecule has 1 heterocycles. The molecule has 3 rings (SSSR count). The van der Waals surface area contributed by atoms with Crippen LogP contribution in [-0.2, 0) is 25.9 Å². The zero-order chi connectivity index (χ0) is 23.8. The molecule has 0 aromatic heterocycles. The molecule has 0 atom stereocenters. The van der Waals surface area contributed by atoms with Crippen LogP contribution in [0.2, 0.25) is 10.0 Å². The smallest absolute Gasteiger partial charge is 0.248 e. The maximum Gasteiger partial charge on any atom is 0.248 e. The molecule has 2 aromatic carbocycles. The van der Waals surface area contributed by atoms with Crippen molar-refractivity contribution in [3.63, 3.8) is 0 Å². The van der Waals surface area contributed by atoms with Crippen LogP contribution in [0.3, 0.4) is 0 Å². The highest BCUT2D eigenvalue weighted by Gasteiger charge is 2.17. The second-order valence-electron chi connectivity index (χ2n) is 7.46. The Morgan fingerprint density at radius 2 is 2.00 bits per heavy atom. The van der Waals surface area contributed by atoms with E-state index in [2.05, 4.69) is 15.6 Å². The van der Waals surface area contributed by atoms with Crippen molar-refractivity contribution in [2.24, 2.45) is 4.99 Å². The van der Waals surface area contributed by atoms with Crippen LogP contribution in [0, 0.1) is 0 Å². The van der Waals surface area contributed by atoms with Crippen molar-refractivity contribution in [2.45, 2.75) is 11.4 Å². The van der Waals surface area contributed by atoms with E-state index in [1.54, 1.807) is 19.2 Å². The fourth-order valence-electron chi connectivity index (χ4n) is 3.15. The van der Waals surface area contributed by atoms with Gasteiger partial charge in [-0.2, -0.15) is 0 Å². The molecule has 1 aliphatic rings. The Morgan fingerprint density at radius 1 is 1.21 bits per heavy atom. The van der Waals surface area contributed by atoms with Gasteiger partial charge in [0.15, 0.2) is 9.84 Å². The maximum absolute atomic E-state index is 12.3. The van der Waals surface area contributed by atoms with Gasteiger partial charge in [-0.15, -0.1) is 0 Å². The van der Waals surface area contributed by atoms with Gasteiger partial charge in [-0.1, -0.05) is 47.5 Å². The van der Waals surface area contributed by atoms with Crippen LogP contribution in [0.15, 0.2) is 52.4 Å². The minimum atomic E-state index is -3.55. The number of hydrogen-bond acceptors (Lipinski definition) is 7. The van der Waals surface area contributed by atoms with Crippen LogP contribution in [0.25, 0.3) is 0 Å². The average molecular weight is 513 g/mol. The number of amidine groups is 1. The van der Waals surface area contributed by atoms with Gasteiger partial charge in [-0.25, -0.2) is 8.42 Å². The lowest BCUT2D eigenvalue weighted by molar-refractivity contribution is -0.135. The molecular weight excluding hydrogens is 487 g/mol. The summed E-state index contributed by atoms with van der Waals surface area (Å²) in [7, 11) is -1.88. The van der Waals surface area contributed by atoms with Crippen molar-refractivity contribution in [1.82, 2.24) is 15.5 Å². The molecule has 11 heteroatoms. The SMILES string of the molecule is CN(Cc1ccc(C2=NCCN2)cc1Cl)C(=O)COCCNCS(=O)(=O)c1ccccc1Cl. The first-order valence-electron chi connectivity index (χ1n) is 10.3. The highest BCUT2D eigenvalue weighted by molar-refractivity contribution is 7.91. The zero-order valence-corrected chi connectivity index (χ0v) is 20.5. The lowest BCUT2D eigenvalue weighted by Crippen LogP contribution is -2.32. The summed E-state index contributed by atoms with van der Waals surface area (Å²) in [6.45, 7) is 2.24. The van der Waals surface area contributed by atoms with Crippen LogP contribution in [-0.4, -0.2) is 70.8 Å². The number of nitrogens with one attached hydrogen (secondary N) is 2. The lowest BCUT2D eigenvalue weighted by Gasteiger charge is -2.18. The normalized spacial score (nSPS) is 13.5. The largest absolute Gasteiger partial charge is 0.370 e. The number of rotatable bonds is 11. The Morgan fingerprint density at radius 3 is 2.70 bits per heavy atom. The van der Waals surface area contributed by atoms with Crippen molar-refractivity contribution in [3.05, 3.63) is 63.6 Å². The minimum absolute atomic E-state index is 0.0797. The molecule has 0 spiro atoms. The molecule has 0 bridgehead atoms. The van der Waals surface area contributed by atoms with E-state index in [0.29, 0.717) is 11.6 Å². The van der Waals surface area contributed by atoms with Crippen LogP contribution in [0.5, 0.6) is 0 Å². The fourth-order valence-corrected chi connectivity index (χ4v) is 5.10. The number of halogens is 2. The molecule has 2 N–H and O–H groups in total. The maximum atomic E-state index is 12.3. The third-order valence-corrected chi connectivity index (χ3v) is 7.35. The number of ether oxygens (including phenoxy) is 1. The summed E-state index contributed by atoms with van der Waals surface area (Å²) in [5.74, 6) is 0.347. The van der Waals surface area contributed by atoms with E-state index in [4.69, 9.17) is 27.9 Å². The monoisotopic (exact) mass is 512 g/mol. The zero-order valence-electron chi connectivity index (χ0n) is 18.2. The van der Waals surface area contributed by atoms with E-state index in [1.807, 2.05) is 18.2 Å². The topological polar surface area (TPSA) is 100 Å². The molecule has 0 saturated heterocycles. The molecule has 1 amide bonds. The number of likely N-dealkylation sites (N-methyl/N-ethyl adjacent to an activating group) is 1. The van der Waals surface area contributed by atoms with Crippen molar-refractivity contribution in [1.29, 1.82) is 0 Å². The molecule has 0 aliphatic carbocycles. The van der Waals surface area contributed by atoms with E-state index < -0.39 is 9.84 Å². The van der Waals surface area contributed by atoms with E-state index in [1.165, 1.54) is 17.0 Å². The quantitative estimate of drug-likeness (QED) is 0.448. The van der Waals surface area contributed by atoms with Gasteiger partial charge in [0.1, 0.15) is 18.3 Å². The Kier molecular flexibility index (Phi) is 9.10. The molecule has 0 radical (unpaired) electrons. The Hall–Kier alpha value is -2.17. The Bertz CT molecular complexity index is 1130. The number of hydrogen-bond donors (Lipinski definition) is 2. The molecular formula is C22H26Cl2N4O4S. The second-order valence-corrected chi connectivity index (χ2v) is 10.2. The van der Waals surface area contributed by atoms with Crippen LogP contribution < -0.4 is 10.6 Å². The molecule has 33 heavy (non-hydrogen) atoms. The highest BCUT2D eigenvalue weighted by Crippen LogP contribution is 2.21. The number of carbonyl (C=O) groups is 1. The van der Waals surface area contributed by atoms with Crippen molar-refractivity contribution in [2.75, 3.05) is 45.8 Å². The van der Waals surface area contributed by atoms with Crippen LogP contribution >= 0.6 is 23.2 Å². The van der Waals surface area contributed by atoms with Crippen LogP contribution in [0.4, 0.5) is 0 Å². The van der Waals surface area contributed by atoms with Gasteiger partial charge in [0.2, 0.25) is 5.91 Å². The standard InChI is InChI=1S/C22H26Cl2N4O4S/c1-28(13-17-7-6-16(12-19(17)24)22-26-8-9-27-22)21(29)14-32-11-10-25-15-33(30,31)20-5-3-2-4-18(20)23/h2-7,12,25H,8-11,13-15H2,1H3,(H,26,27). The molecule has 0 unspecified atom stereocenters. The predicted octanol–water partition coefficient (Wildman–Crippen LogP) is 2.34. The summed E-state index contributed by atoms with van der Waals surface area (Å²) in [5, 5.41) is 6.75. The first-order chi connectivity index (χ1) is 15.8. The summed E-state index contributed by atoms with van der Waals surface area (Å²) in [6, 6.07) is 11.9. The number of carbonyl (C=O) groups excluding carboxylic acids is 1. The minimum Gasteiger partial charge on any atom is -0.370 e. The Labute approximate surface area is 203 Å². The van der Waals surface area contributed by atoms with Gasteiger partial charge in [-0.05, 0) is 23.8 Å². The molecule has 1 aliphatic heterocycles. The number of amides is 1. The number of aliphatic imine (C=N–C) groups is 1. The van der Waals surface area contributed by atoms with E-state index in [9.17, 15) is 13.2 Å². The van der Waals surface area contributed by atoms with Crippen molar-refractivity contribution >= 4 is 44.8 Å². The Balaban J connectivity index is 1.38. The summed E-state index contributed by atoms with van der Waals surface area (Å²) >= 11 is 12.3. The highest BCUT2D eigenvalue weighted by atomic mass is 35.5. The predicted molar refractivity (Wildman–Crippen MR) is 130 cm³/mol. The fraction of sp³-hybridized carbons (Fsp3) is 0.364. The third-order valence-electron chi connectivity index (χ3n) is 4.95. The van der Waals surface area contributed by atoms with Gasteiger partial charge >= 0.3 is 0 Å². The lowest BCUT2D eigenvalue weighted by atomic mass is 10.1. The van der Waals surface area contributed by atoms with E-state index in [-0.39, 0.29) is 41.5 Å². The van der Waals surface area contributed by atoms with E-state index >= 15 is 0 Å². The van der Waals surface area contributed by atoms with Crippen molar-refractivity contribution < 1.29 is 17.9 Å². The summed E-state index contributed by atoms with van der Waals surface area (Å²) in [5.41, 5.74) is 1.74. The number of nitrogens with zero attached hydrogens (tertiary/aromatic N) is 2. The summed E-state index contributed by atoms with van der Waals surface area (Å²) in [6.07, 6.45) is 0. The molecule has 178 valence electrons. The first-order valence-corrected chi connectivity index (χ1v) is 12.8. The third kappa shape index (κ3) is 7.15. The van der Waals surface area contributed by atoms with Gasteiger partial charge in [0.25, 0.3) is 0 Å². The molecule has 0 fully saturated rings. The number of sulfone groups is 1. The van der Waals surface area contributed by atoms with Crippen LogP contribution in [0.1, 0.15) is 11.1 Å². The molecule has 8 nitrogen and oxygen atoms in total. The average Bonchev–Trinajstić information content (AvgIpc) is 3.32. The van der Waals surface area contributed by atoms with Crippen molar-refractivity contribution in [3.8, 4) is 0 Å². The van der Waals surface area contributed by atoms with Gasteiger partial charge in [-0.3, -0.25) is 9.79 Å². The first kappa shape index (κ1) is 25.5. The summed E-state index contributed by atoms with van der Waals surface area (Å²) < 4.78 is 30.0. The molecule has 0 saturated carbocycles. The summed E-state index contributed by atoms with van der Waals surface area (Å²) in [4.78, 5) is 18.3. The van der Waals surface area contributed by atoms with Gasteiger partial charge < -0.3 is 20.3 Å².